The highest BCUT2D eigenvalue weighted by Gasteiger charge is 1.97. The van der Waals surface area contributed by atoms with E-state index in [1.54, 1.807) is 0 Å². The third kappa shape index (κ3) is 3.92. The van der Waals surface area contributed by atoms with Crippen molar-refractivity contribution in [1.29, 1.82) is 0 Å². The van der Waals surface area contributed by atoms with Crippen LogP contribution in [0.3, 0.4) is 0 Å². The summed E-state index contributed by atoms with van der Waals surface area (Å²) < 4.78 is 0. The van der Waals surface area contributed by atoms with Gasteiger partial charge in [0, 0.05) is 18.8 Å². The van der Waals surface area contributed by atoms with E-state index < -0.39 is 0 Å². The molecule has 74 valence electrons. The maximum absolute atomic E-state index is 4.00. The lowest BCUT2D eigenvalue weighted by molar-refractivity contribution is 0.866. The number of benzene rings is 1. The van der Waals surface area contributed by atoms with Gasteiger partial charge in [-0.2, -0.15) is 0 Å². The second kappa shape index (κ2) is 7.58. The van der Waals surface area contributed by atoms with Crippen molar-refractivity contribution in [2.45, 2.75) is 13.8 Å². The van der Waals surface area contributed by atoms with Crippen molar-refractivity contribution >= 4 is 5.69 Å². The second-order valence-electron chi connectivity index (χ2n) is 2.51. The molecule has 0 unspecified atom stereocenters. The minimum absolute atomic E-state index is 1.08. The Kier molecular flexibility index (Phi) is 6.96. The maximum Gasteiger partial charge on any atom is 0.0365 e. The van der Waals surface area contributed by atoms with E-state index in [4.69, 9.17) is 0 Å². The standard InChI is InChI=1S/C10H15N.H4N2/c1-3-11(4-2)10-8-6-5-7-9-10;1-2/h5-9H,3-4H2,1-2H3;1-2H2. The van der Waals surface area contributed by atoms with Crippen LogP contribution < -0.4 is 16.6 Å². The van der Waals surface area contributed by atoms with Gasteiger partial charge in [-0.15, -0.1) is 0 Å². The Morgan fingerprint density at radius 1 is 1.00 bits per heavy atom. The Labute approximate surface area is 80.3 Å². The summed E-state index contributed by atoms with van der Waals surface area (Å²) in [6.45, 7) is 6.52. The van der Waals surface area contributed by atoms with E-state index in [1.807, 2.05) is 6.07 Å². The molecule has 0 saturated carbocycles. The van der Waals surface area contributed by atoms with E-state index >= 15 is 0 Å². The van der Waals surface area contributed by atoms with Gasteiger partial charge in [-0.3, -0.25) is 11.7 Å². The first-order chi connectivity index (χ1) is 6.38. The number of hydrazine groups is 1. The predicted octanol–water partition coefficient (Wildman–Crippen LogP) is 1.35. The van der Waals surface area contributed by atoms with Crippen molar-refractivity contribution in [3.63, 3.8) is 0 Å². The maximum atomic E-state index is 4.00. The van der Waals surface area contributed by atoms with Crippen LogP contribution in [-0.2, 0) is 0 Å². The number of nitrogens with zero attached hydrogens (tertiary/aromatic N) is 1. The Balaban J connectivity index is 0.000000671. The SMILES string of the molecule is CCN(CC)c1ccccc1.NN. The molecule has 0 bridgehead atoms. The average molecular weight is 181 g/mol. The van der Waals surface area contributed by atoms with Crippen LogP contribution in [0.2, 0.25) is 0 Å². The Hall–Kier alpha value is -1.06. The molecule has 0 fully saturated rings. The largest absolute Gasteiger partial charge is 0.372 e. The minimum Gasteiger partial charge on any atom is -0.372 e. The third-order valence-corrected chi connectivity index (χ3v) is 1.88. The summed E-state index contributed by atoms with van der Waals surface area (Å²) in [6, 6.07) is 10.5. The number of nitrogens with two attached hydrogens (primary N) is 2. The molecule has 4 N–H and O–H groups in total. The van der Waals surface area contributed by atoms with Crippen LogP contribution in [0.25, 0.3) is 0 Å². The van der Waals surface area contributed by atoms with Crippen LogP contribution >= 0.6 is 0 Å². The van der Waals surface area contributed by atoms with Crippen LogP contribution in [0, 0.1) is 0 Å². The highest BCUT2D eigenvalue weighted by Crippen LogP contribution is 2.11. The lowest BCUT2D eigenvalue weighted by Crippen LogP contribution is -2.21. The lowest BCUT2D eigenvalue weighted by Gasteiger charge is -2.20. The molecular weight excluding hydrogens is 162 g/mol. The van der Waals surface area contributed by atoms with Crippen LogP contribution in [-0.4, -0.2) is 13.1 Å². The van der Waals surface area contributed by atoms with Gasteiger partial charge in [0.2, 0.25) is 0 Å². The van der Waals surface area contributed by atoms with Crippen LogP contribution in [0.5, 0.6) is 0 Å². The molecule has 3 heteroatoms. The summed E-state index contributed by atoms with van der Waals surface area (Å²) >= 11 is 0. The molecule has 0 aliphatic carbocycles. The van der Waals surface area contributed by atoms with Crippen molar-refractivity contribution < 1.29 is 0 Å². The van der Waals surface area contributed by atoms with E-state index in [2.05, 4.69) is 54.7 Å². The number of para-hydroxylation sites is 1. The van der Waals surface area contributed by atoms with Crippen molar-refractivity contribution in [2.75, 3.05) is 18.0 Å². The van der Waals surface area contributed by atoms with Crippen LogP contribution in [0.1, 0.15) is 13.8 Å². The van der Waals surface area contributed by atoms with E-state index in [0.29, 0.717) is 0 Å². The van der Waals surface area contributed by atoms with Gasteiger partial charge in [0.1, 0.15) is 0 Å². The molecule has 0 aliphatic rings. The normalized spacial score (nSPS) is 8.62. The average Bonchev–Trinajstić information content (AvgIpc) is 2.24. The quantitative estimate of drug-likeness (QED) is 0.546. The number of hydrogen-bond donors (Lipinski definition) is 2. The molecule has 13 heavy (non-hydrogen) atoms. The summed E-state index contributed by atoms with van der Waals surface area (Å²) in [5.74, 6) is 8.00. The molecule has 1 aromatic rings. The smallest absolute Gasteiger partial charge is 0.0365 e. The molecule has 3 nitrogen and oxygen atoms in total. The fourth-order valence-electron chi connectivity index (χ4n) is 1.23. The zero-order valence-corrected chi connectivity index (χ0v) is 8.40. The van der Waals surface area contributed by atoms with Crippen molar-refractivity contribution in [3.8, 4) is 0 Å². The van der Waals surface area contributed by atoms with Gasteiger partial charge in [-0.05, 0) is 26.0 Å². The summed E-state index contributed by atoms with van der Waals surface area (Å²) in [6.07, 6.45) is 0. The van der Waals surface area contributed by atoms with Gasteiger partial charge < -0.3 is 4.90 Å². The first kappa shape index (κ1) is 11.9. The molecule has 0 saturated heterocycles. The zero-order chi connectivity index (χ0) is 10.1. The van der Waals surface area contributed by atoms with E-state index in [-0.39, 0.29) is 0 Å². The molecular formula is C10H19N3. The molecule has 0 atom stereocenters. The zero-order valence-electron chi connectivity index (χ0n) is 8.40. The number of hydrogen-bond acceptors (Lipinski definition) is 3. The predicted molar refractivity (Wildman–Crippen MR) is 58.4 cm³/mol. The first-order valence-corrected chi connectivity index (χ1v) is 4.51. The fraction of sp³-hybridized carbons (Fsp3) is 0.400. The summed E-state index contributed by atoms with van der Waals surface area (Å²) in [4.78, 5) is 2.33. The molecule has 1 aromatic carbocycles. The van der Waals surface area contributed by atoms with E-state index in [9.17, 15) is 0 Å². The monoisotopic (exact) mass is 181 g/mol. The topological polar surface area (TPSA) is 55.3 Å². The van der Waals surface area contributed by atoms with E-state index in [1.165, 1.54) is 5.69 Å². The van der Waals surface area contributed by atoms with Gasteiger partial charge in [0.25, 0.3) is 0 Å². The minimum atomic E-state index is 1.08. The van der Waals surface area contributed by atoms with Crippen molar-refractivity contribution in [1.82, 2.24) is 0 Å². The molecule has 0 amide bonds. The number of anilines is 1. The highest BCUT2D eigenvalue weighted by atomic mass is 15.1. The van der Waals surface area contributed by atoms with E-state index in [0.717, 1.165) is 13.1 Å². The van der Waals surface area contributed by atoms with Crippen LogP contribution in [0.4, 0.5) is 5.69 Å². The Morgan fingerprint density at radius 3 is 1.85 bits per heavy atom. The second-order valence-corrected chi connectivity index (χ2v) is 2.51. The molecule has 0 radical (unpaired) electrons. The Morgan fingerprint density at radius 2 is 1.46 bits per heavy atom. The highest BCUT2D eigenvalue weighted by molar-refractivity contribution is 5.45. The van der Waals surface area contributed by atoms with Gasteiger partial charge >= 0.3 is 0 Å². The van der Waals surface area contributed by atoms with Gasteiger partial charge in [0.15, 0.2) is 0 Å². The van der Waals surface area contributed by atoms with Crippen LogP contribution in [0.15, 0.2) is 30.3 Å². The van der Waals surface area contributed by atoms with Gasteiger partial charge in [0.05, 0.1) is 0 Å². The molecule has 0 aromatic heterocycles. The molecule has 0 spiro atoms. The van der Waals surface area contributed by atoms with Crippen molar-refractivity contribution in [3.05, 3.63) is 30.3 Å². The summed E-state index contributed by atoms with van der Waals surface area (Å²) in [7, 11) is 0. The van der Waals surface area contributed by atoms with Gasteiger partial charge in [-0.1, -0.05) is 18.2 Å². The van der Waals surface area contributed by atoms with Crippen molar-refractivity contribution in [2.24, 2.45) is 11.7 Å². The number of rotatable bonds is 3. The third-order valence-electron chi connectivity index (χ3n) is 1.88. The Bertz CT molecular complexity index is 195. The molecule has 0 heterocycles. The fourth-order valence-corrected chi connectivity index (χ4v) is 1.23. The summed E-state index contributed by atoms with van der Waals surface area (Å²) in [5.41, 5.74) is 1.32. The molecule has 0 aliphatic heterocycles. The lowest BCUT2D eigenvalue weighted by atomic mass is 10.3. The molecule has 1 rings (SSSR count). The summed E-state index contributed by atoms with van der Waals surface area (Å²) in [5, 5.41) is 0. The van der Waals surface area contributed by atoms with Gasteiger partial charge in [-0.25, -0.2) is 0 Å². The first-order valence-electron chi connectivity index (χ1n) is 4.51.